The summed E-state index contributed by atoms with van der Waals surface area (Å²) < 4.78 is 0. The number of hydrogen-bond donors (Lipinski definition) is 3. The molecule has 0 atom stereocenters. The fraction of sp³-hybridized carbons (Fsp3) is 0.273. The number of phenolic OH excluding ortho intramolecular Hbond substituents is 1. The summed E-state index contributed by atoms with van der Waals surface area (Å²) in [7, 11) is 0. The largest absolute Gasteiger partial charge is 0.507 e. The van der Waals surface area contributed by atoms with Crippen molar-refractivity contribution < 1.29 is 5.11 Å². The monoisotopic (exact) mass is 237 g/mol. The summed E-state index contributed by atoms with van der Waals surface area (Å²) in [6.07, 6.45) is 0.673. The summed E-state index contributed by atoms with van der Waals surface area (Å²) >= 11 is 4.66. The standard InChI is InChI=1S/C11H15N3OS/c1-3-9(13-14-11(12)16)8-5-4-7(2)6-10(8)15/h4-6,15H,3H2,1-2H3,(H3,12,14,16)/b13-9-. The van der Waals surface area contributed by atoms with E-state index in [2.05, 4.69) is 22.7 Å². The van der Waals surface area contributed by atoms with Crippen LogP contribution in [0.2, 0.25) is 0 Å². The first kappa shape index (κ1) is 12.4. The molecule has 0 bridgehead atoms. The Bertz CT molecular complexity index is 429. The van der Waals surface area contributed by atoms with Crippen LogP contribution in [0.1, 0.15) is 24.5 Å². The van der Waals surface area contributed by atoms with E-state index >= 15 is 0 Å². The third-order valence-electron chi connectivity index (χ3n) is 2.10. The molecular weight excluding hydrogens is 222 g/mol. The molecule has 0 saturated carbocycles. The number of phenols is 1. The van der Waals surface area contributed by atoms with Crippen LogP contribution < -0.4 is 11.2 Å². The topological polar surface area (TPSA) is 70.6 Å². The van der Waals surface area contributed by atoms with Crippen molar-refractivity contribution >= 4 is 23.0 Å². The summed E-state index contributed by atoms with van der Waals surface area (Å²) in [6, 6.07) is 5.44. The van der Waals surface area contributed by atoms with Gasteiger partial charge in [-0.25, -0.2) is 0 Å². The van der Waals surface area contributed by atoms with Gasteiger partial charge in [0.15, 0.2) is 5.11 Å². The van der Waals surface area contributed by atoms with Crippen molar-refractivity contribution in [3.05, 3.63) is 29.3 Å². The Hall–Kier alpha value is -1.62. The fourth-order valence-electron chi connectivity index (χ4n) is 1.34. The molecule has 86 valence electrons. The van der Waals surface area contributed by atoms with E-state index in [1.54, 1.807) is 6.07 Å². The number of benzene rings is 1. The zero-order valence-electron chi connectivity index (χ0n) is 9.32. The molecule has 0 heterocycles. The Morgan fingerprint density at radius 3 is 2.75 bits per heavy atom. The van der Waals surface area contributed by atoms with E-state index in [1.807, 2.05) is 26.0 Å². The van der Waals surface area contributed by atoms with E-state index in [4.69, 9.17) is 5.73 Å². The van der Waals surface area contributed by atoms with Gasteiger partial charge in [-0.05, 0) is 43.3 Å². The molecule has 4 nitrogen and oxygen atoms in total. The van der Waals surface area contributed by atoms with Crippen molar-refractivity contribution in [2.75, 3.05) is 0 Å². The summed E-state index contributed by atoms with van der Waals surface area (Å²) in [5.41, 5.74) is 10.2. The Labute approximate surface area is 100 Å². The Morgan fingerprint density at radius 2 is 2.25 bits per heavy atom. The van der Waals surface area contributed by atoms with E-state index in [0.717, 1.165) is 5.56 Å². The van der Waals surface area contributed by atoms with E-state index in [9.17, 15) is 5.11 Å². The van der Waals surface area contributed by atoms with E-state index in [-0.39, 0.29) is 10.9 Å². The van der Waals surface area contributed by atoms with Crippen LogP contribution in [0.4, 0.5) is 0 Å². The quantitative estimate of drug-likeness (QED) is 0.425. The molecule has 5 heteroatoms. The Morgan fingerprint density at radius 1 is 1.56 bits per heavy atom. The summed E-state index contributed by atoms with van der Waals surface area (Å²) in [4.78, 5) is 0. The number of nitrogens with zero attached hydrogens (tertiary/aromatic N) is 1. The smallest absolute Gasteiger partial charge is 0.184 e. The van der Waals surface area contributed by atoms with Crippen molar-refractivity contribution in [3.8, 4) is 5.75 Å². The fourth-order valence-corrected chi connectivity index (χ4v) is 1.38. The third kappa shape index (κ3) is 3.20. The molecule has 0 radical (unpaired) electrons. The molecular formula is C11H15N3OS. The van der Waals surface area contributed by atoms with Crippen LogP contribution in [0.3, 0.4) is 0 Å². The average molecular weight is 237 g/mol. The van der Waals surface area contributed by atoms with E-state index in [0.29, 0.717) is 17.7 Å². The Balaban J connectivity index is 3.04. The van der Waals surface area contributed by atoms with Gasteiger partial charge in [0.25, 0.3) is 0 Å². The second kappa shape index (κ2) is 5.46. The van der Waals surface area contributed by atoms with Gasteiger partial charge in [0.2, 0.25) is 0 Å². The van der Waals surface area contributed by atoms with Crippen LogP contribution in [0, 0.1) is 6.92 Å². The molecule has 0 saturated heterocycles. The second-order valence-electron chi connectivity index (χ2n) is 3.41. The molecule has 0 amide bonds. The summed E-state index contributed by atoms with van der Waals surface area (Å²) in [5, 5.41) is 13.9. The van der Waals surface area contributed by atoms with Crippen molar-refractivity contribution in [1.82, 2.24) is 5.43 Å². The molecule has 0 aliphatic rings. The molecule has 0 unspecified atom stereocenters. The molecule has 0 fully saturated rings. The molecule has 16 heavy (non-hydrogen) atoms. The van der Waals surface area contributed by atoms with Gasteiger partial charge in [0.05, 0.1) is 5.71 Å². The number of nitrogens with one attached hydrogen (secondary N) is 1. The number of hydrazone groups is 1. The van der Waals surface area contributed by atoms with Gasteiger partial charge in [-0.2, -0.15) is 5.10 Å². The molecule has 0 aromatic heterocycles. The molecule has 0 spiro atoms. The number of hydrogen-bond acceptors (Lipinski definition) is 3. The molecule has 0 aliphatic heterocycles. The number of nitrogens with two attached hydrogens (primary N) is 1. The van der Waals surface area contributed by atoms with Gasteiger partial charge in [0.1, 0.15) is 5.75 Å². The van der Waals surface area contributed by atoms with E-state index < -0.39 is 0 Å². The summed E-state index contributed by atoms with van der Waals surface area (Å²) in [6.45, 7) is 3.86. The minimum atomic E-state index is 0.109. The zero-order valence-corrected chi connectivity index (χ0v) is 10.1. The second-order valence-corrected chi connectivity index (χ2v) is 3.85. The molecule has 4 N–H and O–H groups in total. The highest BCUT2D eigenvalue weighted by atomic mass is 32.1. The SMILES string of the molecule is CC/C(=N/NC(N)=S)c1ccc(C)cc1O. The summed E-state index contributed by atoms with van der Waals surface area (Å²) in [5.74, 6) is 0.213. The highest BCUT2D eigenvalue weighted by Crippen LogP contribution is 2.20. The molecule has 1 aromatic rings. The van der Waals surface area contributed by atoms with Crippen LogP contribution in [-0.4, -0.2) is 15.9 Å². The first-order chi connectivity index (χ1) is 7.54. The van der Waals surface area contributed by atoms with Gasteiger partial charge in [-0.3, -0.25) is 5.43 Å². The molecule has 1 aromatic carbocycles. The van der Waals surface area contributed by atoms with Crippen molar-refractivity contribution in [1.29, 1.82) is 0 Å². The minimum absolute atomic E-state index is 0.109. The maximum Gasteiger partial charge on any atom is 0.184 e. The number of aromatic hydroxyl groups is 1. The van der Waals surface area contributed by atoms with Crippen molar-refractivity contribution in [2.24, 2.45) is 10.8 Å². The predicted octanol–water partition coefficient (Wildman–Crippen LogP) is 1.65. The molecule has 0 aliphatic carbocycles. The van der Waals surface area contributed by atoms with E-state index in [1.165, 1.54) is 0 Å². The van der Waals surface area contributed by atoms with Gasteiger partial charge in [-0.1, -0.05) is 13.0 Å². The van der Waals surface area contributed by atoms with Crippen LogP contribution in [-0.2, 0) is 0 Å². The highest BCUT2D eigenvalue weighted by molar-refractivity contribution is 7.80. The first-order valence-electron chi connectivity index (χ1n) is 4.96. The zero-order chi connectivity index (χ0) is 12.1. The van der Waals surface area contributed by atoms with Gasteiger partial charge in [-0.15, -0.1) is 0 Å². The van der Waals surface area contributed by atoms with Crippen LogP contribution in [0.25, 0.3) is 0 Å². The predicted molar refractivity (Wildman–Crippen MR) is 69.6 cm³/mol. The van der Waals surface area contributed by atoms with Crippen LogP contribution >= 0.6 is 12.2 Å². The lowest BCUT2D eigenvalue weighted by Gasteiger charge is -2.07. The maximum absolute atomic E-state index is 9.79. The van der Waals surface area contributed by atoms with Gasteiger partial charge >= 0.3 is 0 Å². The Kier molecular flexibility index (Phi) is 4.25. The van der Waals surface area contributed by atoms with Gasteiger partial charge < -0.3 is 10.8 Å². The highest BCUT2D eigenvalue weighted by Gasteiger charge is 2.07. The molecule has 1 rings (SSSR count). The number of thiocarbonyl (C=S) groups is 1. The lowest BCUT2D eigenvalue weighted by Crippen LogP contribution is -2.25. The van der Waals surface area contributed by atoms with Crippen LogP contribution in [0.15, 0.2) is 23.3 Å². The first-order valence-corrected chi connectivity index (χ1v) is 5.37. The lowest BCUT2D eigenvalue weighted by atomic mass is 10.1. The van der Waals surface area contributed by atoms with Gasteiger partial charge in [0, 0.05) is 5.56 Å². The average Bonchev–Trinajstić information content (AvgIpc) is 2.21. The number of aryl methyl sites for hydroxylation is 1. The third-order valence-corrected chi connectivity index (χ3v) is 2.19. The normalized spacial score (nSPS) is 11.2. The lowest BCUT2D eigenvalue weighted by molar-refractivity contribution is 0.473. The number of rotatable bonds is 3. The van der Waals surface area contributed by atoms with Crippen molar-refractivity contribution in [3.63, 3.8) is 0 Å². The van der Waals surface area contributed by atoms with Crippen LogP contribution in [0.5, 0.6) is 5.75 Å². The minimum Gasteiger partial charge on any atom is -0.507 e. The van der Waals surface area contributed by atoms with Crippen molar-refractivity contribution in [2.45, 2.75) is 20.3 Å². The maximum atomic E-state index is 9.79.